The minimum atomic E-state index is -0.621. The molecule has 0 spiro atoms. The van der Waals surface area contributed by atoms with E-state index in [1.165, 1.54) is 22.7 Å². The summed E-state index contributed by atoms with van der Waals surface area (Å²) in [5.74, 6) is -0.457. The minimum Gasteiger partial charge on any atom is -0.504 e. The van der Waals surface area contributed by atoms with Crippen molar-refractivity contribution in [2.75, 3.05) is 16.8 Å². The van der Waals surface area contributed by atoms with Gasteiger partial charge >= 0.3 is 0 Å². The molecule has 166 valence electrons. The molecule has 33 heavy (non-hydrogen) atoms. The van der Waals surface area contributed by atoms with Crippen molar-refractivity contribution in [1.82, 2.24) is 0 Å². The van der Waals surface area contributed by atoms with Crippen LogP contribution in [-0.4, -0.2) is 23.5 Å². The lowest BCUT2D eigenvalue weighted by atomic mass is 9.97. The number of anilines is 2. The Kier molecular flexibility index (Phi) is 5.52. The van der Waals surface area contributed by atoms with Gasteiger partial charge in [0.2, 0.25) is 0 Å². The molecule has 2 N–H and O–H groups in total. The lowest BCUT2D eigenvalue weighted by Gasteiger charge is -2.23. The highest BCUT2D eigenvalue weighted by Gasteiger charge is 2.45. The Balaban J connectivity index is 1.65. The summed E-state index contributed by atoms with van der Waals surface area (Å²) in [5.41, 5.74) is 2.31. The zero-order valence-corrected chi connectivity index (χ0v) is 19.1. The van der Waals surface area contributed by atoms with Crippen molar-refractivity contribution in [3.8, 4) is 11.5 Å². The largest absolute Gasteiger partial charge is 0.504 e. The third-order valence-corrected chi connectivity index (χ3v) is 6.89. The van der Waals surface area contributed by atoms with Crippen LogP contribution in [0.3, 0.4) is 0 Å². The van der Waals surface area contributed by atoms with E-state index in [-0.39, 0.29) is 11.7 Å². The zero-order chi connectivity index (χ0) is 23.1. The number of para-hydroxylation sites is 1. The molecule has 2 heterocycles. The van der Waals surface area contributed by atoms with Crippen molar-refractivity contribution in [3.63, 3.8) is 0 Å². The molecule has 2 aliphatic heterocycles. The monoisotopic (exact) mass is 478 g/mol. The van der Waals surface area contributed by atoms with Gasteiger partial charge in [-0.15, -0.1) is 0 Å². The van der Waals surface area contributed by atoms with E-state index in [0.717, 1.165) is 10.6 Å². The van der Waals surface area contributed by atoms with Crippen LogP contribution >= 0.6 is 23.4 Å². The van der Waals surface area contributed by atoms with E-state index in [0.29, 0.717) is 39.1 Å². The Morgan fingerprint density at radius 3 is 2.58 bits per heavy atom. The summed E-state index contributed by atoms with van der Waals surface area (Å²) in [6.45, 7) is 2.20. The molecule has 0 saturated heterocycles. The molecule has 0 saturated carbocycles. The first-order valence-corrected chi connectivity index (χ1v) is 11.5. The highest BCUT2D eigenvalue weighted by atomic mass is 35.5. The number of rotatable bonds is 4. The SMILES string of the molecule is CCOc1cc([C@@H]2Nc3ccccc3SC3=C2C(=O)N(c2ccc(Cl)cc2)C3=O)ccc1O. The average molecular weight is 479 g/mol. The maximum atomic E-state index is 13.7. The molecular formula is C25H19ClN2O4S. The van der Waals surface area contributed by atoms with E-state index in [2.05, 4.69) is 5.32 Å². The first-order valence-electron chi connectivity index (χ1n) is 10.4. The second kappa shape index (κ2) is 8.50. The van der Waals surface area contributed by atoms with Gasteiger partial charge in [-0.25, -0.2) is 4.90 Å². The van der Waals surface area contributed by atoms with Crippen LogP contribution in [0, 0.1) is 0 Å². The molecule has 0 unspecified atom stereocenters. The fourth-order valence-electron chi connectivity index (χ4n) is 3.95. The molecule has 0 fully saturated rings. The summed E-state index contributed by atoms with van der Waals surface area (Å²) in [4.78, 5) is 29.6. The van der Waals surface area contributed by atoms with Crippen LogP contribution in [0.1, 0.15) is 18.5 Å². The molecule has 8 heteroatoms. The Morgan fingerprint density at radius 2 is 1.82 bits per heavy atom. The van der Waals surface area contributed by atoms with Crippen LogP contribution in [0.25, 0.3) is 0 Å². The number of hydrogen-bond acceptors (Lipinski definition) is 6. The van der Waals surface area contributed by atoms with Gasteiger partial charge in [-0.1, -0.05) is 41.6 Å². The van der Waals surface area contributed by atoms with Gasteiger partial charge in [0, 0.05) is 15.6 Å². The van der Waals surface area contributed by atoms with E-state index in [1.807, 2.05) is 31.2 Å². The second-order valence-electron chi connectivity index (χ2n) is 7.50. The number of nitrogens with one attached hydrogen (secondary N) is 1. The Bertz CT molecular complexity index is 1310. The van der Waals surface area contributed by atoms with Crippen LogP contribution in [0.15, 0.2) is 82.1 Å². The van der Waals surface area contributed by atoms with Gasteiger partial charge < -0.3 is 15.2 Å². The van der Waals surface area contributed by atoms with E-state index >= 15 is 0 Å². The molecule has 0 aromatic heterocycles. The van der Waals surface area contributed by atoms with Gasteiger partial charge in [0.1, 0.15) is 0 Å². The van der Waals surface area contributed by atoms with Gasteiger partial charge in [0.25, 0.3) is 11.8 Å². The van der Waals surface area contributed by atoms with Crippen molar-refractivity contribution >= 4 is 46.6 Å². The summed E-state index contributed by atoms with van der Waals surface area (Å²) in [6, 6.07) is 18.5. The van der Waals surface area contributed by atoms with E-state index in [9.17, 15) is 14.7 Å². The van der Waals surface area contributed by atoms with Crippen molar-refractivity contribution < 1.29 is 19.4 Å². The van der Waals surface area contributed by atoms with Gasteiger partial charge in [-0.05, 0) is 61.0 Å². The number of fused-ring (bicyclic) bond motifs is 1. The first kappa shape index (κ1) is 21.4. The highest BCUT2D eigenvalue weighted by molar-refractivity contribution is 8.04. The second-order valence-corrected chi connectivity index (χ2v) is 8.99. The number of hydrogen-bond donors (Lipinski definition) is 2. The first-order chi connectivity index (χ1) is 16.0. The lowest BCUT2D eigenvalue weighted by Crippen LogP contribution is -2.33. The molecule has 2 amide bonds. The number of thioether (sulfide) groups is 1. The number of phenolic OH excluding ortho intramolecular Hbond substituents is 1. The Morgan fingerprint density at radius 1 is 1.06 bits per heavy atom. The molecule has 0 aliphatic carbocycles. The third kappa shape index (κ3) is 3.73. The zero-order valence-electron chi connectivity index (χ0n) is 17.5. The van der Waals surface area contributed by atoms with Crippen LogP contribution < -0.4 is 15.0 Å². The van der Waals surface area contributed by atoms with E-state index in [4.69, 9.17) is 16.3 Å². The van der Waals surface area contributed by atoms with Crippen molar-refractivity contribution in [2.45, 2.75) is 17.9 Å². The molecule has 6 nitrogen and oxygen atoms in total. The van der Waals surface area contributed by atoms with Gasteiger partial charge in [0.15, 0.2) is 11.5 Å². The molecule has 3 aromatic carbocycles. The van der Waals surface area contributed by atoms with Crippen molar-refractivity contribution in [3.05, 3.63) is 87.8 Å². The van der Waals surface area contributed by atoms with E-state index in [1.54, 1.807) is 36.4 Å². The number of nitrogens with zero attached hydrogens (tertiary/aromatic N) is 1. The number of amides is 2. The van der Waals surface area contributed by atoms with Crippen molar-refractivity contribution in [2.24, 2.45) is 0 Å². The van der Waals surface area contributed by atoms with Crippen LogP contribution in [-0.2, 0) is 9.59 Å². The fourth-order valence-corrected chi connectivity index (χ4v) is 5.17. The van der Waals surface area contributed by atoms with Gasteiger partial charge in [-0.3, -0.25) is 9.59 Å². The summed E-state index contributed by atoms with van der Waals surface area (Å²) < 4.78 is 5.56. The van der Waals surface area contributed by atoms with E-state index < -0.39 is 11.9 Å². The molecule has 0 radical (unpaired) electrons. The number of halogens is 1. The lowest BCUT2D eigenvalue weighted by molar-refractivity contribution is -0.120. The maximum Gasteiger partial charge on any atom is 0.272 e. The molecule has 1 atom stereocenters. The summed E-state index contributed by atoms with van der Waals surface area (Å²) >= 11 is 7.28. The molecule has 0 bridgehead atoms. The molecule has 3 aromatic rings. The number of benzene rings is 3. The normalized spacial score (nSPS) is 17.4. The van der Waals surface area contributed by atoms with Crippen LogP contribution in [0.4, 0.5) is 11.4 Å². The predicted molar refractivity (Wildman–Crippen MR) is 129 cm³/mol. The Labute approximate surface area is 199 Å². The number of carbonyl (C=O) groups excluding carboxylic acids is 2. The van der Waals surface area contributed by atoms with Crippen molar-refractivity contribution in [1.29, 1.82) is 0 Å². The number of carbonyl (C=O) groups is 2. The Hall–Kier alpha value is -3.42. The molecular weight excluding hydrogens is 460 g/mol. The summed E-state index contributed by atoms with van der Waals surface area (Å²) in [5, 5.41) is 14.1. The van der Waals surface area contributed by atoms with Crippen LogP contribution in [0.2, 0.25) is 5.02 Å². The smallest absolute Gasteiger partial charge is 0.272 e. The predicted octanol–water partition coefficient (Wildman–Crippen LogP) is 5.53. The van der Waals surface area contributed by atoms with Gasteiger partial charge in [-0.2, -0.15) is 0 Å². The third-order valence-electron chi connectivity index (χ3n) is 5.46. The number of aromatic hydroxyl groups is 1. The fraction of sp³-hybridized carbons (Fsp3) is 0.120. The molecule has 2 aliphatic rings. The standard InChI is InChI=1S/C25H19ClN2O4S/c1-2-32-19-13-14(7-12-18(19)29)22-21-23(33-20-6-4-3-5-17(20)27-22)25(31)28(24(21)30)16-10-8-15(26)9-11-16/h3-13,22,27,29H,2H2,1H3/t22-/m0/s1. The topological polar surface area (TPSA) is 78.9 Å². The molecule has 5 rings (SSSR count). The number of imide groups is 1. The summed E-state index contributed by atoms with van der Waals surface area (Å²) in [7, 11) is 0. The van der Waals surface area contributed by atoms with Crippen LogP contribution in [0.5, 0.6) is 11.5 Å². The summed E-state index contributed by atoms with van der Waals surface area (Å²) in [6.07, 6.45) is 0. The quantitative estimate of drug-likeness (QED) is 0.480. The average Bonchev–Trinajstić information content (AvgIpc) is 2.95. The number of ether oxygens (including phenoxy) is 1. The maximum absolute atomic E-state index is 13.7. The van der Waals surface area contributed by atoms with Gasteiger partial charge in [0.05, 0.1) is 28.8 Å². The number of phenols is 1. The minimum absolute atomic E-state index is 0.00909. The highest BCUT2D eigenvalue weighted by Crippen LogP contribution is 2.48.